The molecule has 1 aromatic rings. The lowest BCUT2D eigenvalue weighted by molar-refractivity contribution is 0.160. The summed E-state index contributed by atoms with van der Waals surface area (Å²) in [6, 6.07) is 0. The highest BCUT2D eigenvalue weighted by atomic mass is 28.4. The van der Waals surface area contributed by atoms with Crippen LogP contribution in [0.4, 0.5) is 0 Å². The normalized spacial score (nSPS) is 25.4. The van der Waals surface area contributed by atoms with Crippen molar-refractivity contribution in [3.63, 3.8) is 0 Å². The van der Waals surface area contributed by atoms with Crippen LogP contribution in [-0.4, -0.2) is 18.5 Å². The van der Waals surface area contributed by atoms with E-state index < -0.39 is 8.32 Å². The molecule has 0 aromatic carbocycles. The fourth-order valence-corrected chi connectivity index (χ4v) is 3.69. The third-order valence-electron chi connectivity index (χ3n) is 4.80. The summed E-state index contributed by atoms with van der Waals surface area (Å²) in [6.07, 6.45) is 2.22. The van der Waals surface area contributed by atoms with Crippen molar-refractivity contribution in [1.29, 1.82) is 0 Å². The maximum absolute atomic E-state index is 6.30. The zero-order valence-corrected chi connectivity index (χ0v) is 14.9. The number of hydrogen-bond acceptors (Lipinski definition) is 4. The number of hydrogen-bond donors (Lipinski definition) is 0. The maximum Gasteiger partial charge on any atom is 0.243 e. The molecule has 1 aromatic heterocycles. The Morgan fingerprint density at radius 1 is 1.25 bits per heavy atom. The van der Waals surface area contributed by atoms with E-state index in [1.54, 1.807) is 0 Å². The summed E-state index contributed by atoms with van der Waals surface area (Å²) in [7, 11) is -1.80. The van der Waals surface area contributed by atoms with Crippen LogP contribution < -0.4 is 0 Å². The largest absolute Gasteiger partial charge is 0.422 e. The number of nitrogens with zero attached hydrogens (tertiary/aromatic N) is 2. The van der Waals surface area contributed by atoms with Crippen LogP contribution in [0.25, 0.3) is 0 Å². The molecule has 1 fully saturated rings. The zero-order valence-electron chi connectivity index (χ0n) is 13.9. The predicted molar refractivity (Wildman–Crippen MR) is 82.1 cm³/mol. The van der Waals surface area contributed by atoms with E-state index in [1.165, 1.54) is 12.8 Å². The topological polar surface area (TPSA) is 48.2 Å². The van der Waals surface area contributed by atoms with E-state index in [-0.39, 0.29) is 11.1 Å². The smallest absolute Gasteiger partial charge is 0.243 e. The first kappa shape index (κ1) is 15.7. The first-order valence-corrected chi connectivity index (χ1v) is 10.5. The van der Waals surface area contributed by atoms with E-state index in [1.807, 2.05) is 6.92 Å². The third kappa shape index (κ3) is 3.14. The highest BCUT2D eigenvalue weighted by Crippen LogP contribution is 2.42. The highest BCUT2D eigenvalue weighted by molar-refractivity contribution is 6.74. The molecule has 1 heterocycles. The molecule has 2 rings (SSSR count). The molecule has 1 aliphatic rings. The second kappa shape index (κ2) is 5.26. The van der Waals surface area contributed by atoms with Crippen LogP contribution in [0, 0.1) is 5.92 Å². The lowest BCUT2D eigenvalue weighted by atomic mass is 9.76. The van der Waals surface area contributed by atoms with Crippen LogP contribution in [0.3, 0.4) is 0 Å². The quantitative estimate of drug-likeness (QED) is 0.758. The summed E-state index contributed by atoms with van der Waals surface area (Å²) in [4.78, 5) is 0. The standard InChI is InChI=1S/C15H28N2O2Si/c1-10-8-12(9-10)14-17-16-13(18-14)11(2)19-20(6,7)15(3,4)5/h10-12H,8-9H2,1-7H3/t10?,11-,12?/m1/s1. The van der Waals surface area contributed by atoms with Crippen molar-refractivity contribution in [3.8, 4) is 0 Å². The van der Waals surface area contributed by atoms with Crippen molar-refractivity contribution in [3.05, 3.63) is 11.8 Å². The summed E-state index contributed by atoms with van der Waals surface area (Å²) in [5.74, 6) is 2.68. The number of aromatic nitrogens is 2. The van der Waals surface area contributed by atoms with E-state index in [0.29, 0.717) is 11.8 Å². The zero-order chi connectivity index (χ0) is 15.1. The molecule has 114 valence electrons. The molecular weight excluding hydrogens is 268 g/mol. The third-order valence-corrected chi connectivity index (χ3v) is 9.36. The molecule has 1 atom stereocenters. The predicted octanol–water partition coefficient (Wildman–Crippen LogP) is 4.67. The minimum absolute atomic E-state index is 0.116. The maximum atomic E-state index is 6.30. The summed E-state index contributed by atoms with van der Waals surface area (Å²) in [5.41, 5.74) is 0. The minimum atomic E-state index is -1.80. The van der Waals surface area contributed by atoms with Gasteiger partial charge in [-0.2, -0.15) is 0 Å². The highest BCUT2D eigenvalue weighted by Gasteiger charge is 2.40. The van der Waals surface area contributed by atoms with E-state index in [0.717, 1.165) is 11.8 Å². The van der Waals surface area contributed by atoms with Crippen molar-refractivity contribution in [1.82, 2.24) is 10.2 Å². The average molecular weight is 296 g/mol. The van der Waals surface area contributed by atoms with Crippen LogP contribution >= 0.6 is 0 Å². The number of rotatable bonds is 4. The summed E-state index contributed by atoms with van der Waals surface area (Å²) in [6.45, 7) is 15.5. The molecule has 20 heavy (non-hydrogen) atoms. The van der Waals surface area contributed by atoms with Crippen molar-refractivity contribution in [2.75, 3.05) is 0 Å². The molecule has 0 N–H and O–H groups in total. The van der Waals surface area contributed by atoms with Crippen LogP contribution in [-0.2, 0) is 4.43 Å². The minimum Gasteiger partial charge on any atom is -0.422 e. The van der Waals surface area contributed by atoms with Gasteiger partial charge >= 0.3 is 0 Å². The van der Waals surface area contributed by atoms with Gasteiger partial charge in [0, 0.05) is 5.92 Å². The van der Waals surface area contributed by atoms with Gasteiger partial charge in [0.2, 0.25) is 11.8 Å². The Kier molecular flexibility index (Phi) is 4.13. The molecule has 1 aliphatic carbocycles. The van der Waals surface area contributed by atoms with E-state index in [2.05, 4.69) is 51.0 Å². The molecule has 5 heteroatoms. The van der Waals surface area contributed by atoms with Gasteiger partial charge in [0.05, 0.1) is 0 Å². The molecular formula is C15H28N2O2Si. The Morgan fingerprint density at radius 2 is 1.85 bits per heavy atom. The molecule has 0 spiro atoms. The fraction of sp³-hybridized carbons (Fsp3) is 0.867. The van der Waals surface area contributed by atoms with Crippen molar-refractivity contribution in [2.45, 2.75) is 77.6 Å². The summed E-state index contributed by atoms with van der Waals surface area (Å²) < 4.78 is 12.1. The van der Waals surface area contributed by atoms with Gasteiger partial charge in [0.1, 0.15) is 6.10 Å². The molecule has 0 unspecified atom stereocenters. The van der Waals surface area contributed by atoms with Crippen molar-refractivity contribution in [2.24, 2.45) is 5.92 Å². The molecule has 0 radical (unpaired) electrons. The Bertz CT molecular complexity index is 459. The Morgan fingerprint density at radius 3 is 2.35 bits per heavy atom. The molecule has 0 amide bonds. The van der Waals surface area contributed by atoms with Gasteiger partial charge in [-0.15, -0.1) is 10.2 Å². The van der Waals surface area contributed by atoms with Gasteiger partial charge in [0.15, 0.2) is 8.32 Å². The molecule has 0 bridgehead atoms. The first-order valence-electron chi connectivity index (χ1n) is 7.61. The van der Waals surface area contributed by atoms with E-state index >= 15 is 0 Å². The van der Waals surface area contributed by atoms with Crippen LogP contribution in [0.1, 0.15) is 71.3 Å². The second-order valence-corrected chi connectivity index (χ2v) is 12.5. The monoisotopic (exact) mass is 296 g/mol. The van der Waals surface area contributed by atoms with Crippen LogP contribution in [0.2, 0.25) is 18.1 Å². The second-order valence-electron chi connectivity index (χ2n) is 7.77. The van der Waals surface area contributed by atoms with Crippen LogP contribution in [0.5, 0.6) is 0 Å². The Hall–Kier alpha value is -0.683. The van der Waals surface area contributed by atoms with Gasteiger partial charge in [0.25, 0.3) is 0 Å². The van der Waals surface area contributed by atoms with E-state index in [4.69, 9.17) is 8.84 Å². The Balaban J connectivity index is 2.01. The summed E-state index contributed by atoms with van der Waals surface area (Å²) in [5, 5.41) is 8.58. The van der Waals surface area contributed by atoms with Gasteiger partial charge in [-0.3, -0.25) is 0 Å². The average Bonchev–Trinajstić information content (AvgIpc) is 2.71. The lowest BCUT2D eigenvalue weighted by Gasteiger charge is -2.37. The fourth-order valence-electron chi connectivity index (χ4n) is 2.35. The van der Waals surface area contributed by atoms with Crippen molar-refractivity contribution >= 4 is 8.32 Å². The van der Waals surface area contributed by atoms with E-state index in [9.17, 15) is 0 Å². The van der Waals surface area contributed by atoms with Gasteiger partial charge in [-0.1, -0.05) is 27.7 Å². The first-order chi connectivity index (χ1) is 9.10. The molecule has 1 saturated carbocycles. The molecule has 4 nitrogen and oxygen atoms in total. The lowest BCUT2D eigenvalue weighted by Crippen LogP contribution is -2.41. The van der Waals surface area contributed by atoms with Crippen molar-refractivity contribution < 1.29 is 8.84 Å². The van der Waals surface area contributed by atoms with Gasteiger partial charge in [-0.25, -0.2) is 0 Å². The van der Waals surface area contributed by atoms with Crippen LogP contribution in [0.15, 0.2) is 4.42 Å². The van der Waals surface area contributed by atoms with Gasteiger partial charge in [-0.05, 0) is 43.8 Å². The summed E-state index contributed by atoms with van der Waals surface area (Å²) >= 11 is 0. The molecule has 0 saturated heterocycles. The Labute approximate surface area is 123 Å². The SMILES string of the molecule is CC1CC(c2nnc([C@@H](C)O[Si](C)(C)C(C)(C)C)o2)C1. The molecule has 0 aliphatic heterocycles. The van der Waals surface area contributed by atoms with Gasteiger partial charge < -0.3 is 8.84 Å².